The lowest BCUT2D eigenvalue weighted by Crippen LogP contribution is -1.88. The van der Waals surface area contributed by atoms with E-state index in [2.05, 4.69) is 16.6 Å². The number of hydrogen-bond donors (Lipinski definition) is 0. The van der Waals surface area contributed by atoms with Crippen LogP contribution in [0.15, 0.2) is 30.0 Å². The number of nitrogens with zero attached hydrogens (tertiary/aromatic N) is 2. The third-order valence-electron chi connectivity index (χ3n) is 1.52. The fraction of sp³-hybridized carbons (Fsp3) is 0.200. The highest BCUT2D eigenvalue weighted by Crippen LogP contribution is 2.04. The molecular formula is C10H12N2. The number of aromatic nitrogens is 1. The lowest BCUT2D eigenvalue weighted by Gasteiger charge is -1.96. The van der Waals surface area contributed by atoms with Crippen LogP contribution < -0.4 is 0 Å². The molecule has 0 atom stereocenters. The average molecular weight is 160 g/mol. The van der Waals surface area contributed by atoms with Crippen molar-refractivity contribution < 1.29 is 0 Å². The molecule has 0 fully saturated rings. The lowest BCUT2D eigenvalue weighted by molar-refractivity contribution is 1.14. The van der Waals surface area contributed by atoms with Gasteiger partial charge in [0.25, 0.3) is 0 Å². The SMILES string of the molecule is C=Cc1ccncc1C=NCC. The molecule has 2 heteroatoms. The number of hydrogen-bond acceptors (Lipinski definition) is 2. The largest absolute Gasteiger partial charge is 0.293 e. The van der Waals surface area contributed by atoms with Gasteiger partial charge in [0.05, 0.1) is 0 Å². The second-order valence-electron chi connectivity index (χ2n) is 2.34. The highest BCUT2D eigenvalue weighted by Gasteiger charge is 1.92. The smallest absolute Gasteiger partial charge is 0.0361 e. The van der Waals surface area contributed by atoms with Gasteiger partial charge in [-0.1, -0.05) is 12.7 Å². The predicted molar refractivity (Wildman–Crippen MR) is 52.5 cm³/mol. The van der Waals surface area contributed by atoms with Crippen molar-refractivity contribution in [3.05, 3.63) is 36.2 Å². The Morgan fingerprint density at radius 2 is 2.42 bits per heavy atom. The van der Waals surface area contributed by atoms with Crippen LogP contribution in [-0.2, 0) is 0 Å². The Hall–Kier alpha value is -1.44. The molecule has 0 bridgehead atoms. The third kappa shape index (κ3) is 2.02. The molecule has 1 aromatic rings. The van der Waals surface area contributed by atoms with E-state index in [4.69, 9.17) is 0 Å². The maximum absolute atomic E-state index is 4.14. The fourth-order valence-corrected chi connectivity index (χ4v) is 0.901. The van der Waals surface area contributed by atoms with Gasteiger partial charge in [-0.15, -0.1) is 0 Å². The zero-order chi connectivity index (χ0) is 8.81. The molecule has 1 aromatic heterocycles. The molecule has 0 aliphatic carbocycles. The molecule has 0 N–H and O–H groups in total. The van der Waals surface area contributed by atoms with Gasteiger partial charge in [-0.25, -0.2) is 0 Å². The van der Waals surface area contributed by atoms with Gasteiger partial charge in [0.15, 0.2) is 0 Å². The molecule has 12 heavy (non-hydrogen) atoms. The van der Waals surface area contributed by atoms with Crippen molar-refractivity contribution in [1.29, 1.82) is 0 Å². The van der Waals surface area contributed by atoms with Crippen LogP contribution in [0.25, 0.3) is 6.08 Å². The van der Waals surface area contributed by atoms with Crippen molar-refractivity contribution in [2.75, 3.05) is 6.54 Å². The van der Waals surface area contributed by atoms with Crippen LogP contribution >= 0.6 is 0 Å². The molecule has 2 nitrogen and oxygen atoms in total. The summed E-state index contributed by atoms with van der Waals surface area (Å²) in [4.78, 5) is 8.15. The van der Waals surface area contributed by atoms with E-state index in [1.165, 1.54) is 0 Å². The summed E-state index contributed by atoms with van der Waals surface area (Å²) in [6, 6.07) is 1.92. The van der Waals surface area contributed by atoms with Crippen molar-refractivity contribution in [3.63, 3.8) is 0 Å². The molecule has 1 rings (SSSR count). The Morgan fingerprint density at radius 3 is 3.08 bits per heavy atom. The first-order chi connectivity index (χ1) is 5.88. The van der Waals surface area contributed by atoms with Crippen molar-refractivity contribution in [3.8, 4) is 0 Å². The highest BCUT2D eigenvalue weighted by molar-refractivity contribution is 5.84. The van der Waals surface area contributed by atoms with Crippen molar-refractivity contribution in [2.45, 2.75) is 6.92 Å². The van der Waals surface area contributed by atoms with Gasteiger partial charge in [-0.3, -0.25) is 9.98 Å². The van der Waals surface area contributed by atoms with Crippen LogP contribution in [0.2, 0.25) is 0 Å². The molecule has 62 valence electrons. The third-order valence-corrected chi connectivity index (χ3v) is 1.52. The summed E-state index contributed by atoms with van der Waals surface area (Å²) < 4.78 is 0. The summed E-state index contributed by atoms with van der Waals surface area (Å²) >= 11 is 0. The van der Waals surface area contributed by atoms with E-state index in [-0.39, 0.29) is 0 Å². The van der Waals surface area contributed by atoms with E-state index in [1.807, 2.05) is 19.2 Å². The molecule has 0 saturated heterocycles. The van der Waals surface area contributed by atoms with Crippen LogP contribution in [0.4, 0.5) is 0 Å². The molecular weight excluding hydrogens is 148 g/mol. The van der Waals surface area contributed by atoms with Crippen molar-refractivity contribution in [1.82, 2.24) is 4.98 Å². The maximum Gasteiger partial charge on any atom is 0.0361 e. The van der Waals surface area contributed by atoms with E-state index in [0.717, 1.165) is 17.7 Å². The molecule has 0 spiro atoms. The highest BCUT2D eigenvalue weighted by atomic mass is 14.7. The normalized spacial score (nSPS) is 10.4. The van der Waals surface area contributed by atoms with Crippen LogP contribution in [0.1, 0.15) is 18.1 Å². The van der Waals surface area contributed by atoms with Crippen molar-refractivity contribution >= 4 is 12.3 Å². The zero-order valence-electron chi connectivity index (χ0n) is 7.20. The molecule has 0 amide bonds. The number of rotatable bonds is 3. The minimum atomic E-state index is 0.797. The second-order valence-corrected chi connectivity index (χ2v) is 2.34. The Morgan fingerprint density at radius 1 is 1.58 bits per heavy atom. The van der Waals surface area contributed by atoms with E-state index in [1.54, 1.807) is 18.5 Å². The van der Waals surface area contributed by atoms with Crippen LogP contribution in [0, 0.1) is 0 Å². The van der Waals surface area contributed by atoms with E-state index >= 15 is 0 Å². The summed E-state index contributed by atoms with van der Waals surface area (Å²) in [7, 11) is 0. The summed E-state index contributed by atoms with van der Waals surface area (Å²) in [6.45, 7) is 6.51. The van der Waals surface area contributed by atoms with E-state index in [9.17, 15) is 0 Å². The quantitative estimate of drug-likeness (QED) is 0.622. The summed E-state index contributed by atoms with van der Waals surface area (Å²) in [6.07, 6.45) is 7.17. The van der Waals surface area contributed by atoms with Crippen LogP contribution in [0.3, 0.4) is 0 Å². The summed E-state index contributed by atoms with van der Waals surface area (Å²) in [5, 5.41) is 0. The number of aliphatic imine (C=N–C) groups is 1. The van der Waals surface area contributed by atoms with Crippen LogP contribution in [-0.4, -0.2) is 17.7 Å². The van der Waals surface area contributed by atoms with Gasteiger partial charge in [0.1, 0.15) is 0 Å². The first kappa shape index (κ1) is 8.65. The summed E-state index contributed by atoms with van der Waals surface area (Å²) in [5.74, 6) is 0. The Balaban J connectivity index is 2.96. The van der Waals surface area contributed by atoms with Crippen LogP contribution in [0.5, 0.6) is 0 Å². The molecule has 0 unspecified atom stereocenters. The first-order valence-corrected chi connectivity index (χ1v) is 3.94. The molecule has 0 aliphatic heterocycles. The topological polar surface area (TPSA) is 25.2 Å². The predicted octanol–water partition coefficient (Wildman–Crippen LogP) is 2.16. The van der Waals surface area contributed by atoms with E-state index in [0.29, 0.717) is 0 Å². The molecule has 1 heterocycles. The minimum absolute atomic E-state index is 0.797. The average Bonchev–Trinajstić information content (AvgIpc) is 2.15. The lowest BCUT2D eigenvalue weighted by atomic mass is 10.1. The number of pyridine rings is 1. The minimum Gasteiger partial charge on any atom is -0.293 e. The molecule has 0 aliphatic rings. The van der Waals surface area contributed by atoms with E-state index < -0.39 is 0 Å². The Labute approximate surface area is 72.7 Å². The summed E-state index contributed by atoms with van der Waals surface area (Å²) in [5.41, 5.74) is 2.09. The second kappa shape index (κ2) is 4.44. The van der Waals surface area contributed by atoms with Gasteiger partial charge in [0.2, 0.25) is 0 Å². The fourth-order valence-electron chi connectivity index (χ4n) is 0.901. The van der Waals surface area contributed by atoms with Gasteiger partial charge >= 0.3 is 0 Å². The Kier molecular flexibility index (Phi) is 3.20. The zero-order valence-corrected chi connectivity index (χ0v) is 7.20. The Bertz CT molecular complexity index is 290. The molecule has 0 aromatic carbocycles. The first-order valence-electron chi connectivity index (χ1n) is 3.94. The maximum atomic E-state index is 4.14. The van der Waals surface area contributed by atoms with Gasteiger partial charge in [-0.05, 0) is 18.6 Å². The van der Waals surface area contributed by atoms with Gasteiger partial charge < -0.3 is 0 Å². The molecule has 0 saturated carbocycles. The molecule has 0 radical (unpaired) electrons. The standard InChI is InChI=1S/C10H12N2/c1-3-9-5-6-12-8-10(9)7-11-4-2/h3,5-8H,1,4H2,2H3. The van der Waals surface area contributed by atoms with Gasteiger partial charge in [-0.2, -0.15) is 0 Å². The van der Waals surface area contributed by atoms with Gasteiger partial charge in [0, 0.05) is 30.7 Å². The monoisotopic (exact) mass is 160 g/mol. The van der Waals surface area contributed by atoms with Crippen molar-refractivity contribution in [2.24, 2.45) is 4.99 Å².